The molecular formula is C16H23ClN2OS. The van der Waals surface area contributed by atoms with Crippen LogP contribution in [-0.4, -0.2) is 35.7 Å². The molecular weight excluding hydrogens is 304 g/mol. The molecule has 2 N–H and O–H groups in total. The molecule has 0 aliphatic carbocycles. The number of hydrogen-bond donors (Lipinski definition) is 1. The second kappa shape index (κ2) is 8.06. The van der Waals surface area contributed by atoms with E-state index in [4.69, 9.17) is 17.3 Å². The molecule has 0 spiro atoms. The van der Waals surface area contributed by atoms with Crippen LogP contribution in [0.3, 0.4) is 0 Å². The normalized spacial score (nSPS) is 22.3. The fraction of sp³-hybridized carbons (Fsp3) is 0.562. The number of halogens is 1. The SMILES string of the molecule is CC1CCN(C(=O)CSCc2cccc(Cl)c2)C(CN)C1. The van der Waals surface area contributed by atoms with E-state index in [1.807, 2.05) is 29.2 Å². The fourth-order valence-corrected chi connectivity index (χ4v) is 3.84. The number of thioether (sulfide) groups is 1. The van der Waals surface area contributed by atoms with Gasteiger partial charge in [0.2, 0.25) is 5.91 Å². The first-order valence-corrected chi connectivity index (χ1v) is 8.95. The molecule has 1 aliphatic rings. The van der Waals surface area contributed by atoms with Gasteiger partial charge in [-0.1, -0.05) is 30.7 Å². The Kier molecular flexibility index (Phi) is 6.40. The Bertz CT molecular complexity index is 483. The number of piperidine rings is 1. The Morgan fingerprint density at radius 3 is 3.05 bits per heavy atom. The lowest BCUT2D eigenvalue weighted by Gasteiger charge is -2.38. The number of benzene rings is 1. The van der Waals surface area contributed by atoms with Gasteiger partial charge in [-0.3, -0.25) is 4.79 Å². The van der Waals surface area contributed by atoms with Gasteiger partial charge in [-0.15, -0.1) is 11.8 Å². The van der Waals surface area contributed by atoms with Crippen molar-refractivity contribution in [1.82, 2.24) is 4.90 Å². The molecule has 1 saturated heterocycles. The van der Waals surface area contributed by atoms with Crippen LogP contribution in [0.4, 0.5) is 0 Å². The van der Waals surface area contributed by atoms with Gasteiger partial charge in [-0.25, -0.2) is 0 Å². The summed E-state index contributed by atoms with van der Waals surface area (Å²) in [6, 6.07) is 8.00. The van der Waals surface area contributed by atoms with Crippen molar-refractivity contribution >= 4 is 29.3 Å². The molecule has 1 fully saturated rings. The largest absolute Gasteiger partial charge is 0.338 e. The lowest BCUT2D eigenvalue weighted by Crippen LogP contribution is -2.49. The van der Waals surface area contributed by atoms with Crippen LogP contribution in [0.2, 0.25) is 5.02 Å². The second-order valence-corrected chi connectivity index (χ2v) is 7.15. The van der Waals surface area contributed by atoms with Crippen molar-refractivity contribution in [3.63, 3.8) is 0 Å². The molecule has 5 heteroatoms. The first-order chi connectivity index (χ1) is 10.1. The highest BCUT2D eigenvalue weighted by molar-refractivity contribution is 7.99. The van der Waals surface area contributed by atoms with Crippen LogP contribution >= 0.6 is 23.4 Å². The van der Waals surface area contributed by atoms with Crippen LogP contribution in [0.1, 0.15) is 25.3 Å². The minimum atomic E-state index is 0.212. The number of nitrogens with two attached hydrogens (primary N) is 1. The maximum Gasteiger partial charge on any atom is 0.232 e. The van der Waals surface area contributed by atoms with E-state index in [1.54, 1.807) is 11.8 Å². The molecule has 0 radical (unpaired) electrons. The van der Waals surface area contributed by atoms with Crippen LogP contribution in [0, 0.1) is 5.92 Å². The summed E-state index contributed by atoms with van der Waals surface area (Å²) < 4.78 is 0. The lowest BCUT2D eigenvalue weighted by molar-refractivity contribution is -0.132. The molecule has 116 valence electrons. The number of carbonyl (C=O) groups is 1. The molecule has 1 amide bonds. The van der Waals surface area contributed by atoms with Crippen LogP contribution in [0.15, 0.2) is 24.3 Å². The number of likely N-dealkylation sites (tertiary alicyclic amines) is 1. The second-order valence-electron chi connectivity index (χ2n) is 5.73. The number of carbonyl (C=O) groups excluding carboxylic acids is 1. The predicted molar refractivity (Wildman–Crippen MR) is 90.6 cm³/mol. The van der Waals surface area contributed by atoms with E-state index in [9.17, 15) is 4.79 Å². The molecule has 2 unspecified atom stereocenters. The van der Waals surface area contributed by atoms with Crippen molar-refractivity contribution in [3.05, 3.63) is 34.9 Å². The third kappa shape index (κ3) is 4.90. The average molecular weight is 327 g/mol. The van der Waals surface area contributed by atoms with E-state index < -0.39 is 0 Å². The summed E-state index contributed by atoms with van der Waals surface area (Å²) in [5.74, 6) is 2.20. The lowest BCUT2D eigenvalue weighted by atomic mass is 9.92. The topological polar surface area (TPSA) is 46.3 Å². The number of amides is 1. The summed E-state index contributed by atoms with van der Waals surface area (Å²) in [6.07, 6.45) is 2.11. The Balaban J connectivity index is 1.81. The van der Waals surface area contributed by atoms with Gasteiger partial charge in [0.25, 0.3) is 0 Å². The Labute approximate surface area is 136 Å². The van der Waals surface area contributed by atoms with Crippen molar-refractivity contribution in [2.75, 3.05) is 18.8 Å². The summed E-state index contributed by atoms with van der Waals surface area (Å²) in [4.78, 5) is 14.3. The molecule has 2 rings (SSSR count). The Hall–Kier alpha value is -0.710. The van der Waals surface area contributed by atoms with E-state index in [1.165, 1.54) is 0 Å². The van der Waals surface area contributed by atoms with Crippen molar-refractivity contribution in [1.29, 1.82) is 0 Å². The summed E-state index contributed by atoms with van der Waals surface area (Å²) >= 11 is 7.60. The molecule has 0 aromatic heterocycles. The molecule has 0 saturated carbocycles. The van der Waals surface area contributed by atoms with Gasteiger partial charge in [-0.2, -0.15) is 0 Å². The monoisotopic (exact) mass is 326 g/mol. The highest BCUT2D eigenvalue weighted by Gasteiger charge is 2.28. The molecule has 21 heavy (non-hydrogen) atoms. The molecule has 3 nitrogen and oxygen atoms in total. The standard InChI is InChI=1S/C16H23ClN2OS/c1-12-5-6-19(15(7-12)9-18)16(20)11-21-10-13-3-2-4-14(17)8-13/h2-4,8,12,15H,5-7,9-11,18H2,1H3. The minimum absolute atomic E-state index is 0.212. The third-order valence-electron chi connectivity index (χ3n) is 3.95. The highest BCUT2D eigenvalue weighted by atomic mass is 35.5. The van der Waals surface area contributed by atoms with E-state index >= 15 is 0 Å². The van der Waals surface area contributed by atoms with Gasteiger partial charge in [0.05, 0.1) is 5.75 Å². The van der Waals surface area contributed by atoms with Gasteiger partial charge < -0.3 is 10.6 Å². The zero-order chi connectivity index (χ0) is 15.2. The molecule has 1 aromatic carbocycles. The van der Waals surface area contributed by atoms with Gasteiger partial charge in [0.15, 0.2) is 0 Å². The van der Waals surface area contributed by atoms with E-state index in [0.717, 1.165) is 35.7 Å². The van der Waals surface area contributed by atoms with Crippen molar-refractivity contribution in [2.24, 2.45) is 11.7 Å². The molecule has 1 aromatic rings. The minimum Gasteiger partial charge on any atom is -0.338 e. The van der Waals surface area contributed by atoms with Crippen LogP contribution < -0.4 is 5.73 Å². The van der Waals surface area contributed by atoms with Gasteiger partial charge >= 0.3 is 0 Å². The Morgan fingerprint density at radius 2 is 2.33 bits per heavy atom. The molecule has 1 heterocycles. The van der Waals surface area contributed by atoms with Gasteiger partial charge in [0, 0.05) is 29.9 Å². The van der Waals surface area contributed by atoms with E-state index in [-0.39, 0.29) is 11.9 Å². The summed E-state index contributed by atoms with van der Waals surface area (Å²) in [5, 5.41) is 0.743. The summed E-state index contributed by atoms with van der Waals surface area (Å²) in [7, 11) is 0. The van der Waals surface area contributed by atoms with Crippen molar-refractivity contribution in [2.45, 2.75) is 31.6 Å². The van der Waals surface area contributed by atoms with Crippen LogP contribution in [-0.2, 0) is 10.5 Å². The molecule has 1 aliphatic heterocycles. The fourth-order valence-electron chi connectivity index (χ4n) is 2.77. The van der Waals surface area contributed by atoms with Crippen molar-refractivity contribution in [3.8, 4) is 0 Å². The highest BCUT2D eigenvalue weighted by Crippen LogP contribution is 2.23. The zero-order valence-corrected chi connectivity index (χ0v) is 14.0. The third-order valence-corrected chi connectivity index (χ3v) is 5.18. The average Bonchev–Trinajstić information content (AvgIpc) is 2.47. The van der Waals surface area contributed by atoms with Gasteiger partial charge in [0.1, 0.15) is 0 Å². The molecule has 2 atom stereocenters. The molecule has 0 bridgehead atoms. The first-order valence-electron chi connectivity index (χ1n) is 7.42. The summed E-state index contributed by atoms with van der Waals surface area (Å²) in [6.45, 7) is 3.65. The van der Waals surface area contributed by atoms with Crippen molar-refractivity contribution < 1.29 is 4.79 Å². The van der Waals surface area contributed by atoms with E-state index in [2.05, 4.69) is 6.92 Å². The number of rotatable bonds is 5. The van der Waals surface area contributed by atoms with Gasteiger partial charge in [-0.05, 0) is 36.5 Å². The zero-order valence-electron chi connectivity index (χ0n) is 12.4. The maximum absolute atomic E-state index is 12.4. The first kappa shape index (κ1) is 16.7. The number of nitrogens with zero attached hydrogens (tertiary/aromatic N) is 1. The smallest absolute Gasteiger partial charge is 0.232 e. The quantitative estimate of drug-likeness (QED) is 0.904. The van der Waals surface area contributed by atoms with Crippen LogP contribution in [0.5, 0.6) is 0 Å². The maximum atomic E-state index is 12.4. The summed E-state index contributed by atoms with van der Waals surface area (Å²) in [5.41, 5.74) is 6.97. The van der Waals surface area contributed by atoms with E-state index in [0.29, 0.717) is 18.2 Å². The van der Waals surface area contributed by atoms with Crippen LogP contribution in [0.25, 0.3) is 0 Å². The Morgan fingerprint density at radius 1 is 1.52 bits per heavy atom. The number of hydrogen-bond acceptors (Lipinski definition) is 3. The predicted octanol–water partition coefficient (Wildman–Crippen LogP) is 3.16.